The number of carbonyl (C=O) groups excluding carboxylic acids is 8. The summed E-state index contributed by atoms with van der Waals surface area (Å²) in [5, 5.41) is 26.7. The van der Waals surface area contributed by atoms with Gasteiger partial charge >= 0.3 is 5.97 Å². The Kier molecular flexibility index (Phi) is 31.6. The number of amides is 8. The van der Waals surface area contributed by atoms with E-state index in [1.807, 2.05) is 0 Å². The first-order chi connectivity index (χ1) is 33.2. The van der Waals surface area contributed by atoms with E-state index >= 15 is 0 Å². The van der Waals surface area contributed by atoms with Gasteiger partial charge < -0.3 is 99.7 Å². The Morgan fingerprint density at radius 1 is 0.437 bits per heavy atom. The van der Waals surface area contributed by atoms with Crippen LogP contribution in [-0.4, -0.2) is 168 Å². The van der Waals surface area contributed by atoms with Crippen LogP contribution in [0, 0.1) is 0 Å². The molecule has 0 saturated carbocycles. The number of carboxylic acids is 1. The Bertz CT molecular complexity index is 1910. The smallest absolute Gasteiger partial charge is 0.321 e. The predicted octanol–water partition coefficient (Wildman–Crippen LogP) is -8.07. The first-order valence-corrected chi connectivity index (χ1v) is 24.6. The first kappa shape index (κ1) is 64.0. The molecule has 28 N–H and O–H groups in total. The minimum atomic E-state index is -1.41. The fourth-order valence-corrected chi connectivity index (χ4v) is 8.02. The van der Waals surface area contributed by atoms with Gasteiger partial charge in [0.2, 0.25) is 47.3 Å². The second-order valence-electron chi connectivity index (χ2n) is 15.7. The van der Waals surface area contributed by atoms with Crippen molar-refractivity contribution in [2.45, 2.75) is 120 Å². The third-order valence-corrected chi connectivity index (χ3v) is 11.9. The fourth-order valence-electron chi connectivity index (χ4n) is 5.74. The van der Waals surface area contributed by atoms with Gasteiger partial charge in [-0.1, -0.05) is 21.6 Å². The maximum absolute atomic E-state index is 14.1. The van der Waals surface area contributed by atoms with Crippen LogP contribution >= 0.6 is 21.6 Å². The number of primary amides is 1. The van der Waals surface area contributed by atoms with E-state index in [0.717, 1.165) is 21.6 Å². The van der Waals surface area contributed by atoms with E-state index in [1.54, 1.807) is 0 Å². The number of hydrogen-bond donors (Lipinski definition) is 18. The van der Waals surface area contributed by atoms with Gasteiger partial charge in [-0.25, -0.2) is 0 Å². The molecule has 8 amide bonds. The highest BCUT2D eigenvalue weighted by atomic mass is 33.1. The van der Waals surface area contributed by atoms with E-state index in [9.17, 15) is 43.2 Å². The Hall–Kier alpha value is -7.03. The zero-order chi connectivity index (χ0) is 54.2. The standard InChI is InChI=1S/C38H73N21O10S2/c1-18(28(62)56-22(27(40)61)8-4-12-49-35(41)42)53-30(64)23(9-5-13-50-36(43)44)58-32(66)25(11-7-15-52-38(47)48)59-31(65)24(10-6-14-51-37(45)46)57-29(63)19(2)54-33(67)26(55-20(3)60)17-71-70-16-21(39)34(68)69/h18-19,21-26H,4-17,39H2,1-3H3,(H2,40,61)(H,53,64)(H,54,67)(H,55,60)(H,56,62)(H,57,63)(H,58,66)(H,59,65)(H,68,69)(H4,41,42,49)(H4,43,44,50)(H4,45,46,51)(H4,47,48,52)/t18-,19+,21+,22-,23-,24-,25-,26-/m1/s1. The van der Waals surface area contributed by atoms with Gasteiger partial charge in [-0.05, 0) is 65.2 Å². The quantitative estimate of drug-likeness (QED) is 0.0120. The van der Waals surface area contributed by atoms with Crippen molar-refractivity contribution in [1.29, 1.82) is 0 Å². The van der Waals surface area contributed by atoms with Crippen molar-refractivity contribution >= 4 is 98.7 Å². The number of hydrogen-bond acceptors (Lipinski definition) is 16. The Labute approximate surface area is 418 Å². The summed E-state index contributed by atoms with van der Waals surface area (Å²) < 4.78 is 0. The van der Waals surface area contributed by atoms with E-state index < -0.39 is 102 Å². The molecule has 0 spiro atoms. The molecule has 0 aromatic rings. The highest BCUT2D eigenvalue weighted by Crippen LogP contribution is 2.23. The molecule has 0 fully saturated rings. The van der Waals surface area contributed by atoms with Crippen LogP contribution in [0.3, 0.4) is 0 Å². The van der Waals surface area contributed by atoms with E-state index in [1.165, 1.54) is 20.8 Å². The van der Waals surface area contributed by atoms with Crippen LogP contribution < -0.4 is 94.6 Å². The van der Waals surface area contributed by atoms with Gasteiger partial charge in [-0.15, -0.1) is 0 Å². The second kappa shape index (κ2) is 35.1. The summed E-state index contributed by atoms with van der Waals surface area (Å²) in [6.07, 6.45) is 0.443. The van der Waals surface area contributed by atoms with Gasteiger partial charge in [0.1, 0.15) is 48.3 Å². The summed E-state index contributed by atoms with van der Waals surface area (Å²) in [6.45, 7) is 4.04. The summed E-state index contributed by atoms with van der Waals surface area (Å²) >= 11 is 0. The van der Waals surface area contributed by atoms with Gasteiger partial charge in [0.15, 0.2) is 23.8 Å². The van der Waals surface area contributed by atoms with E-state index in [2.05, 4.69) is 57.2 Å². The lowest BCUT2D eigenvalue weighted by Crippen LogP contribution is -2.59. The maximum atomic E-state index is 14.1. The van der Waals surface area contributed by atoms with Crippen LogP contribution in [0.2, 0.25) is 0 Å². The number of carbonyl (C=O) groups is 9. The molecule has 33 heteroatoms. The first-order valence-electron chi connectivity index (χ1n) is 22.1. The molecule has 0 aliphatic rings. The lowest BCUT2D eigenvalue weighted by atomic mass is 10.0. The number of nitrogens with two attached hydrogens (primary N) is 10. The molecule has 71 heavy (non-hydrogen) atoms. The van der Waals surface area contributed by atoms with Crippen molar-refractivity contribution in [3.8, 4) is 0 Å². The van der Waals surface area contributed by atoms with E-state index in [4.69, 9.17) is 62.4 Å². The molecule has 31 nitrogen and oxygen atoms in total. The van der Waals surface area contributed by atoms with Gasteiger partial charge in [0.05, 0.1) is 0 Å². The minimum Gasteiger partial charge on any atom is -0.480 e. The topological polar surface area (TPSA) is 568 Å². The summed E-state index contributed by atoms with van der Waals surface area (Å²) in [5.41, 5.74) is 54.4. The van der Waals surface area contributed by atoms with Crippen LogP contribution in [0.1, 0.15) is 72.1 Å². The number of carboxylic acid groups (broad SMARTS) is 1. The van der Waals surface area contributed by atoms with Crippen LogP contribution in [-0.2, 0) is 43.2 Å². The van der Waals surface area contributed by atoms with E-state index in [-0.39, 0.29) is 113 Å². The molecule has 0 bridgehead atoms. The fraction of sp³-hybridized carbons (Fsp3) is 0.658. The highest BCUT2D eigenvalue weighted by Gasteiger charge is 2.32. The summed E-state index contributed by atoms with van der Waals surface area (Å²) in [4.78, 5) is 133. The lowest BCUT2D eigenvalue weighted by Gasteiger charge is -2.27. The number of aliphatic carboxylic acids is 1. The number of nitrogens with one attached hydrogen (secondary N) is 7. The predicted molar refractivity (Wildman–Crippen MR) is 270 cm³/mol. The normalized spacial score (nSPS) is 14.0. The molecule has 0 aliphatic heterocycles. The largest absolute Gasteiger partial charge is 0.480 e. The average Bonchev–Trinajstić information content (AvgIpc) is 3.27. The van der Waals surface area contributed by atoms with Gasteiger partial charge in [-0.3, -0.25) is 63.1 Å². The highest BCUT2D eigenvalue weighted by molar-refractivity contribution is 8.76. The van der Waals surface area contributed by atoms with Gasteiger partial charge in [0.25, 0.3) is 0 Å². The molecule has 0 unspecified atom stereocenters. The summed E-state index contributed by atoms with van der Waals surface area (Å²) in [6, 6.07) is -10.2. The molecule has 0 rings (SSSR count). The molecule has 0 aliphatic carbocycles. The number of rotatable bonds is 36. The van der Waals surface area contributed by atoms with Crippen LogP contribution in [0.4, 0.5) is 0 Å². The van der Waals surface area contributed by atoms with Crippen molar-refractivity contribution in [1.82, 2.24) is 37.2 Å². The molecule has 0 heterocycles. The molecule has 0 aromatic carbocycles. The van der Waals surface area contributed by atoms with Crippen molar-refractivity contribution in [2.24, 2.45) is 77.3 Å². The zero-order valence-electron chi connectivity index (χ0n) is 40.0. The van der Waals surface area contributed by atoms with Crippen molar-refractivity contribution in [3.05, 3.63) is 0 Å². The molecule has 8 atom stereocenters. The summed E-state index contributed by atoms with van der Waals surface area (Å²) in [7, 11) is 2.12. The third kappa shape index (κ3) is 30.2. The second-order valence-corrected chi connectivity index (χ2v) is 18.2. The molecule has 0 saturated heterocycles. The monoisotopic (exact) mass is 1050 g/mol. The average molecular weight is 1050 g/mol. The van der Waals surface area contributed by atoms with E-state index in [0.29, 0.717) is 0 Å². The molecule has 402 valence electrons. The molecule has 0 radical (unpaired) electrons. The van der Waals surface area contributed by atoms with Crippen molar-refractivity contribution < 1.29 is 48.3 Å². The van der Waals surface area contributed by atoms with Gasteiger partial charge in [-0.2, -0.15) is 0 Å². The number of guanidine groups is 4. The van der Waals surface area contributed by atoms with Crippen LogP contribution in [0.25, 0.3) is 0 Å². The summed E-state index contributed by atoms with van der Waals surface area (Å²) in [5.74, 6) is -8.58. The molecule has 0 aromatic heterocycles. The van der Waals surface area contributed by atoms with Crippen molar-refractivity contribution in [3.63, 3.8) is 0 Å². The number of aliphatic imine (C=N–C) groups is 4. The lowest BCUT2D eigenvalue weighted by molar-refractivity contribution is -0.138. The maximum Gasteiger partial charge on any atom is 0.321 e. The van der Waals surface area contributed by atoms with Crippen molar-refractivity contribution in [2.75, 3.05) is 37.7 Å². The van der Waals surface area contributed by atoms with Gasteiger partial charge in [0, 0.05) is 44.6 Å². The Morgan fingerprint density at radius 3 is 1.06 bits per heavy atom. The number of nitrogens with zero attached hydrogens (tertiary/aromatic N) is 4. The SMILES string of the molecule is CC(=O)N[C@H](CSSC[C@H](N)C(=O)O)C(=O)N[C@@H](C)C(=O)N[C@H](CCCN=C(N)N)C(=O)N[C@H](CCCN=C(N)N)C(=O)N[C@H](CCCN=C(N)N)C(=O)N[C@H](C)C(=O)N[C@H](CCCN=C(N)N)C(N)=O. The Morgan fingerprint density at radius 2 is 0.732 bits per heavy atom. The minimum absolute atomic E-state index is 0.00144. The Balaban J connectivity index is 6.54. The molecular formula is C38H73N21O10S2. The third-order valence-electron chi connectivity index (χ3n) is 9.42. The zero-order valence-corrected chi connectivity index (χ0v) is 41.7. The molecular weight excluding hydrogens is 975 g/mol. The van der Waals surface area contributed by atoms with Crippen LogP contribution in [0.5, 0.6) is 0 Å². The van der Waals surface area contributed by atoms with Crippen LogP contribution in [0.15, 0.2) is 20.0 Å².